The average molecular weight is 306 g/mol. The minimum atomic E-state index is 0.276. The molecule has 1 heterocycles. The summed E-state index contributed by atoms with van der Waals surface area (Å²) in [4.78, 5) is 3.69. The number of methoxy groups -OCH3 is 1. The highest BCUT2D eigenvalue weighted by atomic mass is 35.5. The van der Waals surface area contributed by atoms with Crippen LogP contribution in [0.2, 0.25) is 5.02 Å². The van der Waals surface area contributed by atoms with Crippen molar-refractivity contribution in [1.82, 2.24) is 0 Å². The second kappa shape index (κ2) is 6.37. The Labute approximate surface area is 128 Å². The molecule has 0 aliphatic carbocycles. The Morgan fingerprint density at radius 1 is 1.48 bits per heavy atom. The predicted molar refractivity (Wildman–Crippen MR) is 87.7 cm³/mol. The molecule has 0 aliphatic rings. The van der Waals surface area contributed by atoms with Gasteiger partial charge in [-0.2, -0.15) is 0 Å². The van der Waals surface area contributed by atoms with Gasteiger partial charge in [-0.1, -0.05) is 11.6 Å². The van der Waals surface area contributed by atoms with Gasteiger partial charge in [-0.3, -0.25) is 4.99 Å². The van der Waals surface area contributed by atoms with Crippen molar-refractivity contribution >= 4 is 41.7 Å². The summed E-state index contributed by atoms with van der Waals surface area (Å²) in [5.74, 6) is 1.60. The second-order valence-corrected chi connectivity index (χ2v) is 4.72. The summed E-state index contributed by atoms with van der Waals surface area (Å²) in [6, 6.07) is 5.27. The summed E-state index contributed by atoms with van der Waals surface area (Å²) in [5.41, 5.74) is 8.03. The number of anilines is 3. The van der Waals surface area contributed by atoms with Gasteiger partial charge in [0.05, 0.1) is 12.8 Å². The highest BCUT2D eigenvalue weighted by molar-refractivity contribution is 6.31. The monoisotopic (exact) mass is 305 g/mol. The fourth-order valence-corrected chi connectivity index (χ4v) is 2.12. The zero-order chi connectivity index (χ0) is 15.4. The summed E-state index contributed by atoms with van der Waals surface area (Å²) in [6.45, 7) is 5.23. The number of nitrogens with one attached hydrogen (secondary N) is 1. The molecule has 5 nitrogen and oxygen atoms in total. The highest BCUT2D eigenvalue weighted by Gasteiger charge is 2.15. The van der Waals surface area contributed by atoms with Crippen molar-refractivity contribution in [3.8, 4) is 5.75 Å². The van der Waals surface area contributed by atoms with Crippen LogP contribution in [0.25, 0.3) is 6.08 Å². The van der Waals surface area contributed by atoms with E-state index in [1.165, 1.54) is 0 Å². The molecule has 110 valence electrons. The smallest absolute Gasteiger partial charge is 0.214 e. The van der Waals surface area contributed by atoms with Crippen molar-refractivity contribution in [2.75, 3.05) is 18.2 Å². The van der Waals surface area contributed by atoms with Crippen LogP contribution in [-0.2, 0) is 0 Å². The van der Waals surface area contributed by atoms with Gasteiger partial charge in [-0.25, -0.2) is 0 Å². The van der Waals surface area contributed by atoms with E-state index < -0.39 is 0 Å². The lowest BCUT2D eigenvalue weighted by molar-refractivity contribution is 0.417. The zero-order valence-corrected chi connectivity index (χ0v) is 12.6. The first-order chi connectivity index (χ1) is 10.1. The van der Waals surface area contributed by atoms with Crippen molar-refractivity contribution in [3.63, 3.8) is 0 Å². The Balaban J connectivity index is 2.46. The standard InChI is InChI=1S/C15H16ClN3O2/c1-9-11(6-7-18-2)14(15(17)21-9)19-12-8-10(16)4-5-13(12)20-3/h4-8,19H,2,17H2,1,3H3/b7-6-. The molecule has 1 aromatic heterocycles. The van der Waals surface area contributed by atoms with E-state index in [0.29, 0.717) is 27.9 Å². The van der Waals surface area contributed by atoms with Crippen molar-refractivity contribution in [2.45, 2.75) is 6.92 Å². The summed E-state index contributed by atoms with van der Waals surface area (Å²) in [7, 11) is 1.58. The van der Waals surface area contributed by atoms with Crippen molar-refractivity contribution in [3.05, 3.63) is 40.7 Å². The average Bonchev–Trinajstić information content (AvgIpc) is 2.71. The van der Waals surface area contributed by atoms with E-state index in [9.17, 15) is 0 Å². The highest BCUT2D eigenvalue weighted by Crippen LogP contribution is 2.37. The number of benzene rings is 1. The number of nitrogens with two attached hydrogens (primary N) is 1. The lowest BCUT2D eigenvalue weighted by atomic mass is 10.2. The number of hydrogen-bond donors (Lipinski definition) is 2. The Kier molecular flexibility index (Phi) is 4.55. The third-order valence-electron chi connectivity index (χ3n) is 2.93. The molecule has 0 spiro atoms. The molecule has 0 fully saturated rings. The van der Waals surface area contributed by atoms with E-state index in [1.54, 1.807) is 37.6 Å². The molecule has 0 amide bonds. The Bertz CT molecular complexity index is 692. The number of nitrogen functional groups attached to an aromatic ring is 1. The van der Waals surface area contributed by atoms with Crippen LogP contribution in [0, 0.1) is 6.92 Å². The van der Waals surface area contributed by atoms with Gasteiger partial charge < -0.3 is 20.2 Å². The van der Waals surface area contributed by atoms with Gasteiger partial charge in [0.25, 0.3) is 0 Å². The minimum absolute atomic E-state index is 0.276. The van der Waals surface area contributed by atoms with Gasteiger partial charge in [-0.05, 0) is 37.9 Å². The van der Waals surface area contributed by atoms with E-state index in [1.807, 2.05) is 6.92 Å². The summed E-state index contributed by atoms with van der Waals surface area (Å²) < 4.78 is 10.7. The fourth-order valence-electron chi connectivity index (χ4n) is 1.95. The number of rotatable bonds is 5. The molecule has 0 aliphatic heterocycles. The lowest BCUT2D eigenvalue weighted by Crippen LogP contribution is -1.97. The zero-order valence-electron chi connectivity index (χ0n) is 11.8. The number of halogens is 1. The first-order valence-electron chi connectivity index (χ1n) is 6.18. The van der Waals surface area contributed by atoms with E-state index >= 15 is 0 Å². The van der Waals surface area contributed by atoms with Crippen LogP contribution >= 0.6 is 11.6 Å². The maximum atomic E-state index is 6.02. The van der Waals surface area contributed by atoms with Crippen LogP contribution in [0.4, 0.5) is 17.3 Å². The maximum Gasteiger partial charge on any atom is 0.214 e. The van der Waals surface area contributed by atoms with E-state index in [4.69, 9.17) is 26.5 Å². The van der Waals surface area contributed by atoms with Crippen LogP contribution in [0.5, 0.6) is 5.75 Å². The molecule has 6 heteroatoms. The van der Waals surface area contributed by atoms with Crippen molar-refractivity contribution in [1.29, 1.82) is 0 Å². The largest absolute Gasteiger partial charge is 0.495 e. The normalized spacial score (nSPS) is 10.8. The van der Waals surface area contributed by atoms with Gasteiger partial charge in [0.2, 0.25) is 5.88 Å². The topological polar surface area (TPSA) is 72.8 Å². The molecular weight excluding hydrogens is 290 g/mol. The Hall–Kier alpha value is -2.40. The van der Waals surface area contributed by atoms with Gasteiger partial charge in [-0.15, -0.1) is 0 Å². The van der Waals surface area contributed by atoms with E-state index in [0.717, 1.165) is 5.56 Å². The SMILES string of the molecule is C=N/C=C\c1c(C)oc(N)c1Nc1cc(Cl)ccc1OC. The summed E-state index contributed by atoms with van der Waals surface area (Å²) in [5, 5.41) is 3.77. The number of ether oxygens (including phenoxy) is 1. The van der Waals surface area contributed by atoms with Gasteiger partial charge >= 0.3 is 0 Å². The molecule has 0 bridgehead atoms. The number of nitrogens with zero attached hydrogens (tertiary/aromatic N) is 1. The van der Waals surface area contributed by atoms with Crippen molar-refractivity contribution in [2.24, 2.45) is 4.99 Å². The van der Waals surface area contributed by atoms with Crippen LogP contribution in [0.1, 0.15) is 11.3 Å². The number of furan rings is 1. The fraction of sp³-hybridized carbons (Fsp3) is 0.133. The molecule has 1 aromatic carbocycles. The first kappa shape index (κ1) is 15.0. The second-order valence-electron chi connectivity index (χ2n) is 4.28. The van der Waals surface area contributed by atoms with E-state index in [-0.39, 0.29) is 5.88 Å². The quantitative estimate of drug-likeness (QED) is 0.810. The Morgan fingerprint density at radius 2 is 2.24 bits per heavy atom. The molecular formula is C15H16ClN3O2. The van der Waals surface area contributed by atoms with Crippen LogP contribution in [0.15, 0.2) is 33.8 Å². The number of hydrogen-bond acceptors (Lipinski definition) is 5. The van der Waals surface area contributed by atoms with Crippen molar-refractivity contribution < 1.29 is 9.15 Å². The summed E-state index contributed by atoms with van der Waals surface area (Å²) >= 11 is 6.02. The molecule has 2 rings (SSSR count). The molecule has 0 radical (unpaired) electrons. The molecule has 21 heavy (non-hydrogen) atoms. The van der Waals surface area contributed by atoms with E-state index in [2.05, 4.69) is 17.0 Å². The van der Waals surface area contributed by atoms with Gasteiger partial charge in [0.1, 0.15) is 17.2 Å². The predicted octanol–water partition coefficient (Wildman–Crippen LogP) is 4.25. The molecule has 0 saturated heterocycles. The molecule has 0 saturated carbocycles. The Morgan fingerprint density at radius 3 is 2.90 bits per heavy atom. The van der Waals surface area contributed by atoms with Crippen LogP contribution in [-0.4, -0.2) is 13.8 Å². The molecule has 2 aromatic rings. The summed E-state index contributed by atoms with van der Waals surface area (Å²) in [6.07, 6.45) is 3.33. The number of aryl methyl sites for hydroxylation is 1. The minimum Gasteiger partial charge on any atom is -0.495 e. The van der Waals surface area contributed by atoms with Gasteiger partial charge in [0.15, 0.2) is 0 Å². The van der Waals surface area contributed by atoms with Gasteiger partial charge in [0, 0.05) is 16.8 Å². The molecule has 0 atom stereocenters. The van der Waals surface area contributed by atoms with Crippen LogP contribution < -0.4 is 15.8 Å². The third kappa shape index (κ3) is 3.20. The van der Waals surface area contributed by atoms with Crippen LogP contribution in [0.3, 0.4) is 0 Å². The molecule has 0 unspecified atom stereocenters. The third-order valence-corrected chi connectivity index (χ3v) is 3.16. The lowest BCUT2D eigenvalue weighted by Gasteiger charge is -2.11. The maximum absolute atomic E-state index is 6.02. The first-order valence-corrected chi connectivity index (χ1v) is 6.56. The number of aliphatic imine (C=N–C) groups is 1. The molecule has 3 N–H and O–H groups in total.